The number of hydrogen-bond acceptors (Lipinski definition) is 5. The lowest BCUT2D eigenvalue weighted by atomic mass is 10.0. The minimum atomic E-state index is -5.55. The number of fused-ring (bicyclic) bond motifs is 1. The molecule has 0 amide bonds. The van der Waals surface area contributed by atoms with Crippen LogP contribution in [0.25, 0.3) is 11.0 Å². The van der Waals surface area contributed by atoms with E-state index in [2.05, 4.69) is 9.97 Å². The number of benzene rings is 3. The monoisotopic (exact) mass is 595 g/mol. The Balaban J connectivity index is 1.89. The van der Waals surface area contributed by atoms with E-state index in [1.54, 1.807) is 4.72 Å². The molecule has 40 heavy (non-hydrogen) atoms. The number of sulfonamides is 1. The molecule has 0 spiro atoms. The lowest BCUT2D eigenvalue weighted by Gasteiger charge is -2.24. The van der Waals surface area contributed by atoms with Gasteiger partial charge < -0.3 is 4.74 Å². The van der Waals surface area contributed by atoms with Gasteiger partial charge in [0.1, 0.15) is 5.82 Å². The molecule has 1 aromatic heterocycles. The maximum atomic E-state index is 14.6. The molecule has 1 atom stereocenters. The van der Waals surface area contributed by atoms with Crippen LogP contribution in [0.3, 0.4) is 0 Å². The van der Waals surface area contributed by atoms with Gasteiger partial charge in [-0.3, -0.25) is 4.72 Å². The third-order valence-electron chi connectivity index (χ3n) is 5.48. The number of halogens is 9. The summed E-state index contributed by atoms with van der Waals surface area (Å²) in [5.74, 6) is -7.95. The quantitative estimate of drug-likeness (QED) is 0.195. The number of para-hydroxylation sites is 2. The molecule has 1 N–H and O–H groups in total. The molecule has 16 heteroatoms. The van der Waals surface area contributed by atoms with Crippen molar-refractivity contribution in [2.75, 3.05) is 4.72 Å². The fourth-order valence-electron chi connectivity index (χ4n) is 3.56. The molecule has 212 valence electrons. The Labute approximate surface area is 219 Å². The first-order valence-corrected chi connectivity index (χ1v) is 12.3. The maximum Gasteiger partial charge on any atom is 0.429 e. The van der Waals surface area contributed by atoms with Gasteiger partial charge in [-0.25, -0.2) is 31.6 Å². The highest BCUT2D eigenvalue weighted by molar-refractivity contribution is 7.92. The first-order valence-electron chi connectivity index (χ1n) is 10.8. The van der Waals surface area contributed by atoms with Gasteiger partial charge in [0.15, 0.2) is 11.6 Å². The molecule has 0 aliphatic heterocycles. The van der Waals surface area contributed by atoms with Crippen molar-refractivity contribution >= 4 is 26.9 Å². The van der Waals surface area contributed by atoms with E-state index in [4.69, 9.17) is 4.74 Å². The largest absolute Gasteiger partial charge is 0.457 e. The molecule has 0 fully saturated rings. The summed E-state index contributed by atoms with van der Waals surface area (Å²) in [7, 11) is -5.21. The summed E-state index contributed by atoms with van der Waals surface area (Å²) in [6.07, 6.45) is -14.1. The molecular weight excluding hydrogens is 581 g/mol. The van der Waals surface area contributed by atoms with Crippen molar-refractivity contribution in [3.05, 3.63) is 88.7 Å². The highest BCUT2D eigenvalue weighted by Crippen LogP contribution is 2.41. The van der Waals surface area contributed by atoms with Gasteiger partial charge in [-0.05, 0) is 37.3 Å². The smallest absolute Gasteiger partial charge is 0.429 e. The number of aromatic nitrogens is 2. The van der Waals surface area contributed by atoms with Crippen molar-refractivity contribution in [2.45, 2.75) is 30.3 Å². The van der Waals surface area contributed by atoms with Gasteiger partial charge >= 0.3 is 12.4 Å². The highest BCUT2D eigenvalue weighted by Gasteiger charge is 2.46. The fourth-order valence-corrected chi connectivity index (χ4v) is 4.79. The SMILES string of the molecule is Cc1c(F)cc(C(Oc2nc3ccccc3nc2NS(=O)(=O)c2ccccc2C(F)(F)F)C(F)(F)F)c(F)c1F. The van der Waals surface area contributed by atoms with Crippen LogP contribution in [-0.4, -0.2) is 24.6 Å². The van der Waals surface area contributed by atoms with E-state index in [-0.39, 0.29) is 17.1 Å². The summed E-state index contributed by atoms with van der Waals surface area (Å²) in [5, 5.41) is 0. The van der Waals surface area contributed by atoms with Gasteiger partial charge in [-0.15, -0.1) is 0 Å². The number of anilines is 1. The van der Waals surface area contributed by atoms with Gasteiger partial charge in [0.25, 0.3) is 15.9 Å². The number of ether oxygens (including phenoxy) is 1. The predicted molar refractivity (Wildman–Crippen MR) is 122 cm³/mol. The standard InChI is InChI=1S/C24H14F9N3O3S/c1-11-14(25)10-12(19(27)18(11)26)20(24(31,32)33)39-22-21(34-15-7-3-4-8-16(15)35-22)36-40(37,38)17-9-5-2-6-13(17)23(28,29)30/h2-10,20H,1H3,(H,34,36). The molecule has 4 rings (SSSR count). The lowest BCUT2D eigenvalue weighted by molar-refractivity contribution is -0.199. The van der Waals surface area contributed by atoms with E-state index in [9.17, 15) is 47.9 Å². The van der Waals surface area contributed by atoms with Crippen molar-refractivity contribution in [3.63, 3.8) is 0 Å². The number of rotatable bonds is 6. The van der Waals surface area contributed by atoms with Gasteiger partial charge in [0, 0.05) is 11.1 Å². The Morgan fingerprint density at radius 1 is 0.850 bits per heavy atom. The van der Waals surface area contributed by atoms with Crippen LogP contribution in [0.15, 0.2) is 59.5 Å². The summed E-state index contributed by atoms with van der Waals surface area (Å²) in [6.45, 7) is 0.779. The molecule has 0 aliphatic carbocycles. The van der Waals surface area contributed by atoms with E-state index < -0.39 is 79.2 Å². The molecular formula is C24H14F9N3O3S. The van der Waals surface area contributed by atoms with Crippen LogP contribution in [0.1, 0.15) is 22.8 Å². The number of nitrogens with zero attached hydrogens (tertiary/aromatic N) is 2. The van der Waals surface area contributed by atoms with Crippen LogP contribution < -0.4 is 9.46 Å². The molecule has 4 aromatic rings. The zero-order valence-corrected chi connectivity index (χ0v) is 20.5. The summed E-state index contributed by atoms with van der Waals surface area (Å²) in [4.78, 5) is 6.26. The van der Waals surface area contributed by atoms with Gasteiger partial charge in [0.05, 0.1) is 21.5 Å². The van der Waals surface area contributed by atoms with E-state index in [1.807, 2.05) is 0 Å². The predicted octanol–water partition coefficient (Wildman–Crippen LogP) is 6.86. The van der Waals surface area contributed by atoms with Crippen molar-refractivity contribution in [1.29, 1.82) is 0 Å². The Morgan fingerprint density at radius 3 is 2.02 bits per heavy atom. The normalized spacial score (nSPS) is 13.3. The van der Waals surface area contributed by atoms with E-state index >= 15 is 0 Å². The minimum absolute atomic E-state index is 0.0454. The fraction of sp³-hybridized carbons (Fsp3) is 0.167. The molecule has 0 bridgehead atoms. The molecule has 0 radical (unpaired) electrons. The minimum Gasteiger partial charge on any atom is -0.457 e. The summed E-state index contributed by atoms with van der Waals surface area (Å²) in [5.41, 5.74) is -4.44. The molecule has 1 unspecified atom stereocenters. The van der Waals surface area contributed by atoms with Crippen LogP contribution in [0.2, 0.25) is 0 Å². The van der Waals surface area contributed by atoms with Crippen molar-refractivity contribution in [3.8, 4) is 5.88 Å². The number of hydrogen-bond donors (Lipinski definition) is 1. The van der Waals surface area contributed by atoms with E-state index in [0.717, 1.165) is 19.1 Å². The average molecular weight is 595 g/mol. The van der Waals surface area contributed by atoms with Crippen LogP contribution >= 0.6 is 0 Å². The third-order valence-corrected chi connectivity index (χ3v) is 6.87. The van der Waals surface area contributed by atoms with Crippen molar-refractivity contribution < 1.29 is 52.7 Å². The van der Waals surface area contributed by atoms with E-state index in [1.165, 1.54) is 24.3 Å². The van der Waals surface area contributed by atoms with Gasteiger partial charge in [-0.2, -0.15) is 26.3 Å². The van der Waals surface area contributed by atoms with Crippen molar-refractivity contribution in [1.82, 2.24) is 9.97 Å². The Bertz CT molecular complexity index is 1710. The topological polar surface area (TPSA) is 81.2 Å². The summed E-state index contributed by atoms with van der Waals surface area (Å²) < 4.78 is 158. The Hall–Kier alpha value is -4.08. The van der Waals surface area contributed by atoms with Crippen molar-refractivity contribution in [2.24, 2.45) is 0 Å². The van der Waals surface area contributed by atoms with Crippen LogP contribution in [0.5, 0.6) is 5.88 Å². The second-order valence-electron chi connectivity index (χ2n) is 8.21. The molecule has 0 saturated carbocycles. The molecule has 0 saturated heterocycles. The van der Waals surface area contributed by atoms with Crippen LogP contribution in [-0.2, 0) is 16.2 Å². The first-order chi connectivity index (χ1) is 18.5. The van der Waals surface area contributed by atoms with Gasteiger partial charge in [0.2, 0.25) is 11.9 Å². The molecule has 0 aliphatic rings. The van der Waals surface area contributed by atoms with E-state index in [0.29, 0.717) is 12.1 Å². The second kappa shape index (κ2) is 10.1. The van der Waals surface area contributed by atoms with Crippen LogP contribution in [0.4, 0.5) is 45.3 Å². The average Bonchev–Trinajstić information content (AvgIpc) is 2.87. The molecule has 3 aromatic carbocycles. The Morgan fingerprint density at radius 2 is 1.43 bits per heavy atom. The second-order valence-corrected chi connectivity index (χ2v) is 9.86. The summed E-state index contributed by atoms with van der Waals surface area (Å²) in [6, 6.07) is 8.21. The molecule has 1 heterocycles. The zero-order valence-electron chi connectivity index (χ0n) is 19.7. The zero-order chi connectivity index (χ0) is 29.6. The van der Waals surface area contributed by atoms with Gasteiger partial charge in [-0.1, -0.05) is 24.3 Å². The lowest BCUT2D eigenvalue weighted by Crippen LogP contribution is -2.29. The highest BCUT2D eigenvalue weighted by atomic mass is 32.2. The maximum absolute atomic E-state index is 14.6. The first kappa shape index (κ1) is 28.9. The number of alkyl halides is 6. The third kappa shape index (κ3) is 5.61. The molecule has 6 nitrogen and oxygen atoms in total. The van der Waals surface area contributed by atoms with Crippen LogP contribution in [0, 0.1) is 24.4 Å². The Kier molecular flexibility index (Phi) is 7.34. The summed E-state index contributed by atoms with van der Waals surface area (Å²) >= 11 is 0. The number of nitrogens with one attached hydrogen (secondary N) is 1.